The van der Waals surface area contributed by atoms with Crippen LogP contribution >= 0.6 is 0 Å². The first-order valence-corrected chi connectivity index (χ1v) is 8.27. The van der Waals surface area contributed by atoms with Crippen LogP contribution < -0.4 is 4.90 Å². The van der Waals surface area contributed by atoms with Gasteiger partial charge in [-0.2, -0.15) is 5.10 Å². The van der Waals surface area contributed by atoms with Gasteiger partial charge in [0, 0.05) is 45.0 Å². The highest BCUT2D eigenvalue weighted by molar-refractivity contribution is 5.94. The lowest BCUT2D eigenvalue weighted by molar-refractivity contribution is 0.0784. The molecular weight excluding hydrogens is 331 g/mol. The summed E-state index contributed by atoms with van der Waals surface area (Å²) in [4.78, 5) is 15.8. The Hall–Kier alpha value is -3.15. The normalized spacial score (nSPS) is 10.6. The molecule has 0 aliphatic carbocycles. The number of halogens is 1. The molecule has 0 atom stereocenters. The van der Waals surface area contributed by atoms with E-state index in [1.165, 1.54) is 6.07 Å². The largest absolute Gasteiger partial charge is 0.375 e. The Balaban J connectivity index is 1.72. The summed E-state index contributed by atoms with van der Waals surface area (Å²) in [5.74, 6) is -0.646. The second kappa shape index (κ2) is 7.39. The Morgan fingerprint density at radius 2 is 1.85 bits per heavy atom. The number of para-hydroxylation sites is 1. The third kappa shape index (κ3) is 3.74. The maximum atomic E-state index is 14.1. The second-order valence-corrected chi connectivity index (χ2v) is 6.35. The highest BCUT2D eigenvalue weighted by Crippen LogP contribution is 2.19. The Morgan fingerprint density at radius 1 is 1.12 bits per heavy atom. The maximum absolute atomic E-state index is 14.1. The molecule has 3 rings (SSSR count). The molecule has 0 bridgehead atoms. The van der Waals surface area contributed by atoms with Gasteiger partial charge in [0.05, 0.1) is 17.6 Å². The molecule has 134 valence electrons. The van der Waals surface area contributed by atoms with Crippen molar-refractivity contribution in [2.24, 2.45) is 0 Å². The van der Waals surface area contributed by atoms with Crippen LogP contribution in [-0.4, -0.2) is 41.7 Å². The molecule has 3 aromatic rings. The summed E-state index contributed by atoms with van der Waals surface area (Å²) >= 11 is 0. The molecule has 0 N–H and O–H groups in total. The van der Waals surface area contributed by atoms with Gasteiger partial charge in [-0.3, -0.25) is 4.79 Å². The van der Waals surface area contributed by atoms with E-state index in [2.05, 4.69) is 5.10 Å². The molecule has 6 heteroatoms. The minimum absolute atomic E-state index is 0.235. The monoisotopic (exact) mass is 352 g/mol. The Labute approximate surface area is 152 Å². The number of nitrogens with zero attached hydrogens (tertiary/aromatic N) is 4. The number of hydrogen-bond donors (Lipinski definition) is 0. The molecule has 5 nitrogen and oxygen atoms in total. The molecule has 0 spiro atoms. The van der Waals surface area contributed by atoms with Crippen molar-refractivity contribution < 1.29 is 9.18 Å². The average molecular weight is 352 g/mol. The van der Waals surface area contributed by atoms with E-state index in [4.69, 9.17) is 0 Å². The zero-order valence-electron chi connectivity index (χ0n) is 15.1. The summed E-state index contributed by atoms with van der Waals surface area (Å²) in [6, 6.07) is 14.3. The predicted molar refractivity (Wildman–Crippen MR) is 100 cm³/mol. The van der Waals surface area contributed by atoms with Crippen molar-refractivity contribution in [1.82, 2.24) is 14.7 Å². The summed E-state index contributed by atoms with van der Waals surface area (Å²) in [5, 5.41) is 4.33. The molecule has 1 amide bonds. The highest BCUT2D eigenvalue weighted by atomic mass is 19.1. The van der Waals surface area contributed by atoms with E-state index in [0.29, 0.717) is 17.8 Å². The summed E-state index contributed by atoms with van der Waals surface area (Å²) < 4.78 is 15.9. The smallest absolute Gasteiger partial charge is 0.254 e. The van der Waals surface area contributed by atoms with Crippen LogP contribution in [-0.2, 0) is 6.54 Å². The molecule has 1 heterocycles. The number of anilines is 1. The number of aromatic nitrogens is 2. The van der Waals surface area contributed by atoms with Crippen molar-refractivity contribution in [2.45, 2.75) is 6.54 Å². The number of carbonyl (C=O) groups excluding carboxylic acids is 1. The van der Waals surface area contributed by atoms with E-state index >= 15 is 0 Å². The molecule has 0 aliphatic heterocycles. The fourth-order valence-electron chi connectivity index (χ4n) is 2.73. The topological polar surface area (TPSA) is 41.4 Å². The quantitative estimate of drug-likeness (QED) is 0.707. The molecule has 26 heavy (non-hydrogen) atoms. The van der Waals surface area contributed by atoms with E-state index in [-0.39, 0.29) is 5.91 Å². The predicted octanol–water partition coefficient (Wildman–Crippen LogP) is 3.35. The minimum Gasteiger partial charge on any atom is -0.375 e. The van der Waals surface area contributed by atoms with Crippen LogP contribution in [0.2, 0.25) is 0 Å². The van der Waals surface area contributed by atoms with Gasteiger partial charge in [0.1, 0.15) is 5.82 Å². The lowest BCUT2D eigenvalue weighted by Gasteiger charge is -2.18. The molecule has 0 radical (unpaired) electrons. The van der Waals surface area contributed by atoms with Gasteiger partial charge in [0.25, 0.3) is 5.91 Å². The minimum atomic E-state index is -0.411. The SMILES string of the molecule is CN(Cc1cnn(-c2ccccc2)c1)C(=O)c1ccc(N(C)C)c(F)c1. The molecular formula is C20H21FN4O. The van der Waals surface area contributed by atoms with Gasteiger partial charge >= 0.3 is 0 Å². The van der Waals surface area contributed by atoms with Gasteiger partial charge < -0.3 is 9.80 Å². The zero-order chi connectivity index (χ0) is 18.7. The summed E-state index contributed by atoms with van der Waals surface area (Å²) in [7, 11) is 5.22. The van der Waals surface area contributed by atoms with Crippen LogP contribution in [0.3, 0.4) is 0 Å². The number of benzene rings is 2. The van der Waals surface area contributed by atoms with Gasteiger partial charge in [-0.25, -0.2) is 9.07 Å². The first-order valence-electron chi connectivity index (χ1n) is 8.27. The lowest BCUT2D eigenvalue weighted by Crippen LogP contribution is -2.26. The Bertz CT molecular complexity index is 905. The fraction of sp³-hybridized carbons (Fsp3) is 0.200. The molecule has 0 aliphatic rings. The van der Waals surface area contributed by atoms with Crippen molar-refractivity contribution in [3.05, 3.63) is 77.9 Å². The van der Waals surface area contributed by atoms with Gasteiger partial charge in [0.2, 0.25) is 0 Å². The third-order valence-corrected chi connectivity index (χ3v) is 4.10. The zero-order valence-corrected chi connectivity index (χ0v) is 15.1. The van der Waals surface area contributed by atoms with E-state index < -0.39 is 5.82 Å². The van der Waals surface area contributed by atoms with Crippen LogP contribution in [0.15, 0.2) is 60.9 Å². The first-order chi connectivity index (χ1) is 12.5. The van der Waals surface area contributed by atoms with E-state index in [0.717, 1.165) is 11.3 Å². The Morgan fingerprint density at radius 3 is 2.50 bits per heavy atom. The van der Waals surface area contributed by atoms with E-state index in [1.807, 2.05) is 36.5 Å². The van der Waals surface area contributed by atoms with Crippen LogP contribution in [0.4, 0.5) is 10.1 Å². The van der Waals surface area contributed by atoms with Crippen LogP contribution in [0.5, 0.6) is 0 Å². The molecule has 2 aromatic carbocycles. The van der Waals surface area contributed by atoms with Gasteiger partial charge in [-0.05, 0) is 30.3 Å². The first kappa shape index (κ1) is 17.7. The summed E-state index contributed by atoms with van der Waals surface area (Å²) in [6.45, 7) is 0.392. The fourth-order valence-corrected chi connectivity index (χ4v) is 2.73. The Kier molecular flexibility index (Phi) is 5.02. The van der Waals surface area contributed by atoms with Gasteiger partial charge in [-0.15, -0.1) is 0 Å². The molecule has 0 unspecified atom stereocenters. The molecule has 0 saturated carbocycles. The van der Waals surface area contributed by atoms with Crippen LogP contribution in [0.25, 0.3) is 5.69 Å². The number of rotatable bonds is 5. The highest BCUT2D eigenvalue weighted by Gasteiger charge is 2.15. The summed E-state index contributed by atoms with van der Waals surface area (Å²) in [6.07, 6.45) is 3.61. The molecule has 0 saturated heterocycles. The van der Waals surface area contributed by atoms with Crippen LogP contribution in [0.1, 0.15) is 15.9 Å². The lowest BCUT2D eigenvalue weighted by atomic mass is 10.1. The molecule has 1 aromatic heterocycles. The standard InChI is InChI=1S/C20H21FN4O/c1-23(2)19-10-9-16(11-18(19)21)20(26)24(3)13-15-12-22-25(14-15)17-7-5-4-6-8-17/h4-12,14H,13H2,1-3H3. The maximum Gasteiger partial charge on any atom is 0.254 e. The average Bonchev–Trinajstić information content (AvgIpc) is 3.10. The van der Waals surface area contributed by atoms with Crippen molar-refractivity contribution in [3.8, 4) is 5.69 Å². The van der Waals surface area contributed by atoms with Crippen molar-refractivity contribution >= 4 is 11.6 Å². The van der Waals surface area contributed by atoms with Gasteiger partial charge in [0.15, 0.2) is 0 Å². The number of hydrogen-bond acceptors (Lipinski definition) is 3. The number of carbonyl (C=O) groups is 1. The van der Waals surface area contributed by atoms with Crippen molar-refractivity contribution in [3.63, 3.8) is 0 Å². The number of amides is 1. The third-order valence-electron chi connectivity index (χ3n) is 4.10. The second-order valence-electron chi connectivity index (χ2n) is 6.35. The van der Waals surface area contributed by atoms with Gasteiger partial charge in [-0.1, -0.05) is 18.2 Å². The van der Waals surface area contributed by atoms with E-state index in [1.54, 1.807) is 54.0 Å². The molecule has 0 fully saturated rings. The van der Waals surface area contributed by atoms with Crippen molar-refractivity contribution in [1.29, 1.82) is 0 Å². The van der Waals surface area contributed by atoms with Crippen molar-refractivity contribution in [2.75, 3.05) is 26.0 Å². The van der Waals surface area contributed by atoms with Crippen LogP contribution in [0, 0.1) is 5.82 Å². The van der Waals surface area contributed by atoms with E-state index in [9.17, 15) is 9.18 Å². The summed E-state index contributed by atoms with van der Waals surface area (Å²) in [5.41, 5.74) is 2.63.